The van der Waals surface area contributed by atoms with E-state index in [1.54, 1.807) is 4.18 Å². The van der Waals surface area contributed by atoms with Gasteiger partial charge in [0.05, 0.1) is 0 Å². The maximum atomic E-state index is 12.7. The van der Waals surface area contributed by atoms with E-state index >= 15 is 0 Å². The summed E-state index contributed by atoms with van der Waals surface area (Å²) < 4.78 is 167. The Labute approximate surface area is 112 Å². The normalized spacial score (nSPS) is 16.5. The molecule has 0 radical (unpaired) electrons. The Hall–Kier alpha value is -1.19. The van der Waals surface area contributed by atoms with E-state index in [1.807, 2.05) is 0 Å². The summed E-state index contributed by atoms with van der Waals surface area (Å²) in [6.45, 7) is 0. The highest BCUT2D eigenvalue weighted by Crippen LogP contribution is 2.49. The third-order valence-corrected chi connectivity index (χ3v) is 2.04. The lowest BCUT2D eigenvalue weighted by molar-refractivity contribution is -0.275. The van der Waals surface area contributed by atoms with Crippen molar-refractivity contribution >= 4 is 10.5 Å². The van der Waals surface area contributed by atoms with Crippen LogP contribution < -0.4 is 0 Å². The fourth-order valence-electron chi connectivity index (χ4n) is 0.865. The van der Waals surface area contributed by atoms with E-state index in [9.17, 15) is 60.6 Å². The van der Waals surface area contributed by atoms with Gasteiger partial charge < -0.3 is 0 Å². The van der Waals surface area contributed by atoms with Gasteiger partial charge in [-0.2, -0.15) is 56.5 Å². The topological polar surface area (TPSA) is 43.4 Å². The molecule has 16 heteroatoms. The molecule has 0 amide bonds. The van der Waals surface area contributed by atoms with Crippen LogP contribution in [-0.4, -0.2) is 32.8 Å². The summed E-state index contributed by atoms with van der Waals surface area (Å²) in [6.07, 6.45) is -20.8. The Kier molecular flexibility index (Phi) is 5.17. The molecule has 0 spiro atoms. The fraction of sp³-hybridized carbons (Fsp3) is 0.667. The zero-order valence-electron chi connectivity index (χ0n) is 9.17. The maximum Gasteiger partial charge on any atom is 0.460 e. The highest BCUT2D eigenvalue weighted by Gasteiger charge is 2.68. The van der Waals surface area contributed by atoms with Crippen LogP contribution in [0.1, 0.15) is 0 Å². The van der Waals surface area contributed by atoms with Crippen LogP contribution >= 0.6 is 0 Å². The van der Waals surface area contributed by atoms with Crippen LogP contribution in [0.4, 0.5) is 52.2 Å². The molecule has 0 aliphatic heterocycles. The highest BCUT2D eigenvalue weighted by molar-refractivity contribution is 7.81. The largest absolute Gasteiger partial charge is 0.460 e. The Morgan fingerprint density at radius 2 is 1.18 bits per heavy atom. The number of rotatable bonds is 4. The number of hydrogen-bond donors (Lipinski definition) is 0. The molecule has 0 fully saturated rings. The number of allylic oxidation sites excluding steroid dienone is 1. The Bertz CT molecular complexity index is 552. The molecule has 22 heavy (non-hydrogen) atoms. The minimum absolute atomic E-state index is 1.80. The second-order valence-electron chi connectivity index (χ2n) is 3.25. The van der Waals surface area contributed by atoms with Crippen molar-refractivity contribution < 1.29 is 64.8 Å². The first-order valence-corrected chi connectivity index (χ1v) is 5.50. The Balaban J connectivity index is 6.46. The molecule has 0 rings (SSSR count). The van der Waals surface area contributed by atoms with Gasteiger partial charge in [-0.3, -0.25) is 0 Å². The van der Waals surface area contributed by atoms with Gasteiger partial charge in [-0.25, -0.2) is 4.39 Å². The van der Waals surface area contributed by atoms with Gasteiger partial charge in [0.2, 0.25) is 0 Å². The van der Waals surface area contributed by atoms with E-state index in [2.05, 4.69) is 0 Å². The molecule has 0 aliphatic carbocycles. The molecule has 0 bridgehead atoms. The van der Waals surface area contributed by atoms with Crippen LogP contribution in [0.25, 0.3) is 0 Å². The molecule has 0 aromatic carbocycles. The third kappa shape index (κ3) is 4.65. The Morgan fingerprint density at radius 3 is 1.41 bits per heavy atom. The molecular formula is C6F12O3S. The molecule has 0 saturated carbocycles. The van der Waals surface area contributed by atoms with Crippen molar-refractivity contribution in [2.24, 2.45) is 0 Å². The molecule has 0 heterocycles. The van der Waals surface area contributed by atoms with Crippen LogP contribution in [0.5, 0.6) is 0 Å². The lowest BCUT2D eigenvalue weighted by atomic mass is 10.1. The van der Waals surface area contributed by atoms with Crippen molar-refractivity contribution in [2.75, 3.05) is 0 Å². The molecular weight excluding hydrogens is 380 g/mol. The van der Waals surface area contributed by atoms with E-state index in [0.717, 1.165) is 0 Å². The van der Waals surface area contributed by atoms with Crippen molar-refractivity contribution in [2.45, 2.75) is 24.4 Å². The second-order valence-corrected chi connectivity index (χ2v) is 4.20. The molecule has 0 saturated heterocycles. The van der Waals surface area contributed by atoms with E-state index in [1.165, 1.54) is 0 Å². The lowest BCUT2D eigenvalue weighted by Gasteiger charge is -2.24. The average molecular weight is 380 g/mol. The molecule has 132 valence electrons. The van der Waals surface area contributed by atoms with Crippen LogP contribution in [0.15, 0.2) is 11.4 Å². The van der Waals surface area contributed by atoms with E-state index in [0.29, 0.717) is 0 Å². The summed E-state index contributed by atoms with van der Waals surface area (Å²) >= 11 is 0. The van der Waals surface area contributed by atoms with Crippen molar-refractivity contribution in [1.82, 2.24) is 0 Å². The van der Waals surface area contributed by atoms with E-state index < -0.39 is 46.3 Å². The number of alkyl halides is 10. The predicted molar refractivity (Wildman–Crippen MR) is 41.3 cm³/mol. The zero-order chi connectivity index (χ0) is 18.4. The smallest absolute Gasteiger partial charge is 0.204 e. The minimum atomic E-state index is -7.09. The van der Waals surface area contributed by atoms with Gasteiger partial charge >= 0.3 is 34.9 Å². The summed E-state index contributed by atoms with van der Waals surface area (Å²) in [5, 5.41) is 0. The minimum Gasteiger partial charge on any atom is -0.204 e. The summed E-state index contributed by atoms with van der Waals surface area (Å²) in [5.41, 5.74) is -4.66. The van der Waals surface area contributed by atoms with Crippen molar-refractivity contribution in [3.8, 4) is 0 Å². The predicted octanol–water partition coefficient (Wildman–Crippen LogP) is 3.79. The lowest BCUT2D eigenvalue weighted by Crippen LogP contribution is -2.43. The van der Waals surface area contributed by atoms with Gasteiger partial charge in [-0.05, 0) is 0 Å². The molecule has 0 aromatic heterocycles. The maximum absolute atomic E-state index is 12.7. The first-order chi connectivity index (χ1) is 9.23. The fourth-order valence-corrected chi connectivity index (χ4v) is 1.20. The number of hydrogen-bond acceptors (Lipinski definition) is 3. The van der Waals surface area contributed by atoms with Gasteiger partial charge in [-0.1, -0.05) is 3.89 Å². The Morgan fingerprint density at radius 1 is 0.818 bits per heavy atom. The summed E-state index contributed by atoms with van der Waals surface area (Å²) in [5.74, 6) is -11.9. The first-order valence-electron chi connectivity index (χ1n) is 4.19. The average Bonchev–Trinajstić information content (AvgIpc) is 2.07. The van der Waals surface area contributed by atoms with Crippen LogP contribution in [0, 0.1) is 0 Å². The molecule has 0 N–H and O–H groups in total. The van der Waals surface area contributed by atoms with E-state index in [4.69, 9.17) is 0 Å². The van der Waals surface area contributed by atoms with Gasteiger partial charge in [0, 0.05) is 0 Å². The monoisotopic (exact) mass is 380 g/mol. The molecule has 0 aromatic rings. The summed E-state index contributed by atoms with van der Waals surface area (Å²) in [6, 6.07) is 0. The zero-order valence-corrected chi connectivity index (χ0v) is 9.99. The van der Waals surface area contributed by atoms with Crippen LogP contribution in [-0.2, 0) is 14.7 Å². The van der Waals surface area contributed by atoms with Gasteiger partial charge in [0.1, 0.15) is 0 Å². The third-order valence-electron chi connectivity index (χ3n) is 1.63. The molecule has 3 nitrogen and oxygen atoms in total. The van der Waals surface area contributed by atoms with Crippen LogP contribution in [0.2, 0.25) is 0 Å². The first kappa shape index (κ1) is 20.8. The van der Waals surface area contributed by atoms with Gasteiger partial charge in [0.25, 0.3) is 0 Å². The van der Waals surface area contributed by atoms with Crippen molar-refractivity contribution in [3.63, 3.8) is 0 Å². The summed E-state index contributed by atoms with van der Waals surface area (Å²) in [4.78, 5) is 0. The van der Waals surface area contributed by atoms with Crippen molar-refractivity contribution in [1.29, 1.82) is 0 Å². The molecule has 0 aliphatic rings. The van der Waals surface area contributed by atoms with Gasteiger partial charge in [-0.15, -0.1) is 0 Å². The van der Waals surface area contributed by atoms with Crippen molar-refractivity contribution in [3.05, 3.63) is 11.4 Å². The summed E-state index contributed by atoms with van der Waals surface area (Å²) in [7, 11) is -6.98. The van der Waals surface area contributed by atoms with E-state index in [-0.39, 0.29) is 0 Å². The highest BCUT2D eigenvalue weighted by atomic mass is 32.3. The number of halogens is 12. The van der Waals surface area contributed by atoms with Gasteiger partial charge in [0.15, 0.2) is 11.4 Å². The quantitative estimate of drug-likeness (QED) is 0.551. The molecule has 0 atom stereocenters. The molecule has 0 unspecified atom stereocenters. The second kappa shape index (κ2) is 5.47. The standard InChI is InChI=1S/C6F12O3S/c7-2(3(8,9)6(15,16)17)1(4(10,11)12)5(13,14)21-22(18,19)20. The SMILES string of the molecule is O=S(=O)(F)OC(F)(F)C(=C(F)C(F)(F)C(F)(F)F)C(F)(F)F. The van der Waals surface area contributed by atoms with Crippen LogP contribution in [0.3, 0.4) is 0 Å².